The van der Waals surface area contributed by atoms with Crippen molar-refractivity contribution in [3.63, 3.8) is 0 Å². The fraction of sp³-hybridized carbons (Fsp3) is 0. The number of nitrogens with zero attached hydrogens (tertiary/aromatic N) is 4. The zero-order chi connectivity index (χ0) is 28.2. The summed E-state index contributed by atoms with van der Waals surface area (Å²) in [6.07, 6.45) is 0. The van der Waals surface area contributed by atoms with Gasteiger partial charge in [-0.2, -0.15) is 5.26 Å². The third-order valence-electron chi connectivity index (χ3n) is 8.18. The Hall–Kier alpha value is -6.10. The number of hydrogen-bond acceptors (Lipinski definition) is 1. The molecule has 194 valence electrons. The van der Waals surface area contributed by atoms with Crippen molar-refractivity contribution in [1.82, 2.24) is 9.13 Å². The third-order valence-corrected chi connectivity index (χ3v) is 8.18. The summed E-state index contributed by atoms with van der Waals surface area (Å²) in [7, 11) is 0. The van der Waals surface area contributed by atoms with Crippen molar-refractivity contribution in [2.75, 3.05) is 0 Å². The molecule has 0 amide bonds. The average molecular weight is 535 g/mol. The monoisotopic (exact) mass is 534 g/mol. The van der Waals surface area contributed by atoms with Gasteiger partial charge in [0.2, 0.25) is 0 Å². The first-order valence-electron chi connectivity index (χ1n) is 13.8. The van der Waals surface area contributed by atoms with Crippen LogP contribution >= 0.6 is 0 Å². The van der Waals surface area contributed by atoms with E-state index in [1.165, 1.54) is 0 Å². The Morgan fingerprint density at radius 2 is 1.00 bits per heavy atom. The lowest BCUT2D eigenvalue weighted by molar-refractivity contribution is 1.16. The highest BCUT2D eigenvalue weighted by Crippen LogP contribution is 2.44. The van der Waals surface area contributed by atoms with Gasteiger partial charge in [0, 0.05) is 32.8 Å². The molecule has 42 heavy (non-hydrogen) atoms. The molecular formula is C38H22N4. The summed E-state index contributed by atoms with van der Waals surface area (Å²) in [5, 5.41) is 14.6. The van der Waals surface area contributed by atoms with Gasteiger partial charge in [0.05, 0.1) is 46.0 Å². The maximum Gasteiger partial charge on any atom is 0.197 e. The molecule has 0 unspecified atom stereocenters. The Kier molecular flexibility index (Phi) is 5.22. The summed E-state index contributed by atoms with van der Waals surface area (Å²) < 4.78 is 4.50. The predicted octanol–water partition coefficient (Wildman–Crippen LogP) is 9.97. The first-order valence-corrected chi connectivity index (χ1v) is 13.8. The van der Waals surface area contributed by atoms with Crippen molar-refractivity contribution in [2.45, 2.75) is 0 Å². The fourth-order valence-electron chi connectivity index (χ4n) is 6.45. The van der Waals surface area contributed by atoms with E-state index < -0.39 is 0 Å². The molecule has 0 aliphatic rings. The van der Waals surface area contributed by atoms with E-state index in [4.69, 9.17) is 6.57 Å². The lowest BCUT2D eigenvalue weighted by Crippen LogP contribution is -2.02. The summed E-state index contributed by atoms with van der Waals surface area (Å²) in [5.41, 5.74) is 8.89. The summed E-state index contributed by atoms with van der Waals surface area (Å²) in [5.74, 6) is 0. The molecular weight excluding hydrogens is 512 g/mol. The van der Waals surface area contributed by atoms with Gasteiger partial charge in [-0.05, 0) is 48.0 Å². The van der Waals surface area contributed by atoms with E-state index in [0.717, 1.165) is 66.1 Å². The maximum absolute atomic E-state index is 9.98. The van der Waals surface area contributed by atoms with Gasteiger partial charge in [-0.1, -0.05) is 91.0 Å². The van der Waals surface area contributed by atoms with Crippen LogP contribution < -0.4 is 0 Å². The molecule has 2 heterocycles. The fourth-order valence-corrected chi connectivity index (χ4v) is 6.45. The van der Waals surface area contributed by atoms with Crippen LogP contribution in [-0.4, -0.2) is 9.13 Å². The molecule has 0 bridgehead atoms. The van der Waals surface area contributed by atoms with Crippen molar-refractivity contribution in [2.24, 2.45) is 0 Å². The van der Waals surface area contributed by atoms with Gasteiger partial charge < -0.3 is 9.13 Å². The van der Waals surface area contributed by atoms with Crippen molar-refractivity contribution in [3.05, 3.63) is 150 Å². The molecule has 8 aromatic rings. The smallest absolute Gasteiger partial charge is 0.197 e. The Bertz CT molecular complexity index is 2340. The lowest BCUT2D eigenvalue weighted by atomic mass is 9.97. The number of hydrogen-bond donors (Lipinski definition) is 0. The largest absolute Gasteiger partial charge is 0.310 e. The Morgan fingerprint density at radius 1 is 0.524 bits per heavy atom. The van der Waals surface area contributed by atoms with Gasteiger partial charge in [-0.25, -0.2) is 4.85 Å². The molecule has 6 aromatic carbocycles. The SMILES string of the molecule is [C-]#[N+]c1cccc(-n2c3ccccc3c3ccccc32)c1-c1ccc(C#N)cc1-n1c2ccccc2c2ccccc21. The van der Waals surface area contributed by atoms with E-state index in [-0.39, 0.29) is 0 Å². The number of para-hydroxylation sites is 4. The van der Waals surface area contributed by atoms with Crippen molar-refractivity contribution >= 4 is 49.3 Å². The van der Waals surface area contributed by atoms with E-state index in [0.29, 0.717) is 11.3 Å². The number of rotatable bonds is 3. The van der Waals surface area contributed by atoms with Gasteiger partial charge in [-0.15, -0.1) is 0 Å². The van der Waals surface area contributed by atoms with Crippen LogP contribution in [0.15, 0.2) is 133 Å². The maximum atomic E-state index is 9.98. The van der Waals surface area contributed by atoms with Crippen molar-refractivity contribution in [1.29, 1.82) is 5.26 Å². The van der Waals surface area contributed by atoms with Gasteiger partial charge >= 0.3 is 0 Å². The molecule has 8 rings (SSSR count). The third kappa shape index (κ3) is 3.33. The molecule has 0 aliphatic carbocycles. The Morgan fingerprint density at radius 3 is 1.48 bits per heavy atom. The van der Waals surface area contributed by atoms with Crippen LogP contribution in [0.3, 0.4) is 0 Å². The molecule has 0 spiro atoms. The zero-order valence-electron chi connectivity index (χ0n) is 22.5. The molecule has 0 radical (unpaired) electrons. The Labute approximate surface area is 242 Å². The number of aromatic nitrogens is 2. The summed E-state index contributed by atoms with van der Waals surface area (Å²) >= 11 is 0. The van der Waals surface area contributed by atoms with E-state index in [2.05, 4.69) is 111 Å². The van der Waals surface area contributed by atoms with Gasteiger partial charge in [0.15, 0.2) is 5.69 Å². The van der Waals surface area contributed by atoms with Crippen LogP contribution in [0, 0.1) is 17.9 Å². The van der Waals surface area contributed by atoms with E-state index in [1.807, 2.05) is 42.5 Å². The zero-order valence-corrected chi connectivity index (χ0v) is 22.5. The van der Waals surface area contributed by atoms with Crippen LogP contribution in [-0.2, 0) is 0 Å². The topological polar surface area (TPSA) is 38.0 Å². The number of fused-ring (bicyclic) bond motifs is 6. The second-order valence-corrected chi connectivity index (χ2v) is 10.4. The first-order chi connectivity index (χ1) is 20.8. The highest BCUT2D eigenvalue weighted by molar-refractivity contribution is 6.12. The van der Waals surface area contributed by atoms with E-state index >= 15 is 0 Å². The van der Waals surface area contributed by atoms with Gasteiger partial charge in [0.1, 0.15) is 0 Å². The minimum absolute atomic E-state index is 0.557. The molecule has 0 saturated heterocycles. The van der Waals surface area contributed by atoms with Gasteiger partial charge in [-0.3, -0.25) is 0 Å². The van der Waals surface area contributed by atoms with Crippen LogP contribution in [0.2, 0.25) is 0 Å². The summed E-state index contributed by atoms with van der Waals surface area (Å²) in [6, 6.07) is 47.6. The summed E-state index contributed by atoms with van der Waals surface area (Å²) in [4.78, 5) is 4.03. The highest BCUT2D eigenvalue weighted by atomic mass is 15.0. The molecule has 0 fully saturated rings. The number of benzene rings is 6. The molecule has 0 saturated carbocycles. The average Bonchev–Trinajstić information content (AvgIpc) is 3.57. The molecule has 0 aliphatic heterocycles. The first kappa shape index (κ1) is 23.8. The van der Waals surface area contributed by atoms with E-state index in [1.54, 1.807) is 0 Å². The van der Waals surface area contributed by atoms with Gasteiger partial charge in [0.25, 0.3) is 0 Å². The minimum atomic E-state index is 0.557. The minimum Gasteiger partial charge on any atom is -0.310 e. The van der Waals surface area contributed by atoms with Crippen LogP contribution in [0.5, 0.6) is 0 Å². The van der Waals surface area contributed by atoms with Crippen LogP contribution in [0.1, 0.15) is 5.56 Å². The second-order valence-electron chi connectivity index (χ2n) is 10.4. The van der Waals surface area contributed by atoms with Crippen molar-refractivity contribution < 1.29 is 0 Å². The normalized spacial score (nSPS) is 11.3. The predicted molar refractivity (Wildman–Crippen MR) is 172 cm³/mol. The second kappa shape index (κ2) is 9.24. The van der Waals surface area contributed by atoms with Crippen LogP contribution in [0.25, 0.3) is 71.0 Å². The lowest BCUT2D eigenvalue weighted by Gasteiger charge is -2.20. The van der Waals surface area contributed by atoms with Crippen LogP contribution in [0.4, 0.5) is 5.69 Å². The molecule has 4 heteroatoms. The molecule has 0 N–H and O–H groups in total. The molecule has 4 nitrogen and oxygen atoms in total. The quantitative estimate of drug-likeness (QED) is 0.208. The Balaban J connectivity index is 1.54. The molecule has 0 atom stereocenters. The highest BCUT2D eigenvalue weighted by Gasteiger charge is 2.22. The summed E-state index contributed by atoms with van der Waals surface area (Å²) in [6.45, 7) is 8.22. The van der Waals surface area contributed by atoms with Crippen molar-refractivity contribution in [3.8, 4) is 28.6 Å². The van der Waals surface area contributed by atoms with E-state index in [9.17, 15) is 5.26 Å². The number of nitriles is 1. The molecule has 2 aromatic heterocycles. The standard InChI is InChI=1S/C38H22N4/c1-40-31-15-10-20-36(41-32-16-6-2-11-26(32)27-12-3-7-17-33(27)41)38(31)30-22-21-25(24-39)23-37(30)42-34-18-8-4-13-28(34)29-14-5-9-19-35(29)42/h2-23H.